The van der Waals surface area contributed by atoms with Gasteiger partial charge >= 0.3 is 49.4 Å². The molecule has 0 fully saturated rings. The zero-order valence-corrected chi connectivity index (χ0v) is 78.9. The first-order valence-electron chi connectivity index (χ1n) is 44.3. The van der Waals surface area contributed by atoms with Crippen LogP contribution in [-0.2, 0) is 68.6 Å². The van der Waals surface area contributed by atoms with E-state index in [0.29, 0.717) is 121 Å². The van der Waals surface area contributed by atoms with Crippen molar-refractivity contribution in [2.75, 3.05) is 21.3 Å². The number of rotatable bonds is 28. The molecule has 0 aromatic heterocycles. The summed E-state index contributed by atoms with van der Waals surface area (Å²) in [7, 11) is 0. The summed E-state index contributed by atoms with van der Waals surface area (Å²) in [5.41, 5.74) is 1.10. The number of nitrogens with one attached hydrogen (secondary N) is 4. The van der Waals surface area contributed by atoms with E-state index in [1.807, 2.05) is 55.4 Å². The molecule has 0 saturated carbocycles. The Kier molecular flexibility index (Phi) is 36.8. The lowest BCUT2D eigenvalue weighted by Gasteiger charge is -2.21. The van der Waals surface area contributed by atoms with Crippen LogP contribution in [0.15, 0.2) is 255 Å². The standard InChI is InChI=1S/C27H24ClF6NO.C27H24F7NO.2C27H25F6NO/c1-15(2)10-23(16(3)36)19-11-18(17-4-6-20(7-5-17)26(29,30)31)12-22(13-19)35-21-8-9-25(28)24(14-21)27(32,33)34;1-15(2)10-23(16(3)36)19-11-18(17-4-6-20(7-5-17)26(29,30)31)12-22(13-19)35-25-9-8-21(28)14-24(25)27(32,33)34;1-16(2)12-25(17(3)35)20-13-19(18-4-6-21(7-5-18)26(28,29)30)14-24(15-20)34-23-10-8-22(9-11-23)27(31,32)33;1-16(2)11-25(17(3)35)20-12-19(18-7-9-21(10-8-18)26(28,29)30)13-24(14-20)34-23-6-4-5-22(15-23)27(31,32)33/h2*4-9,11-15,23,35H,10H2,1-3H3;4-11,13-16,25,34H,12H2,1-3H3;4-10,12-16,25,34H,11H2,1-3H3. The highest BCUT2D eigenvalue weighted by Crippen LogP contribution is 2.46. The largest absolute Gasteiger partial charge is 0.418 e. The average Bonchev–Trinajstić information content (AvgIpc) is 0.800. The van der Waals surface area contributed by atoms with E-state index in [9.17, 15) is 129 Å². The molecule has 34 heteroatoms. The van der Waals surface area contributed by atoms with Crippen LogP contribution >= 0.6 is 11.6 Å². The number of carbonyl (C=O) groups excluding carboxylic acids is 4. The summed E-state index contributed by atoms with van der Waals surface area (Å²) in [6.07, 6.45) is -34.3. The highest BCUT2D eigenvalue weighted by Gasteiger charge is 2.39. The Morgan fingerprint density at radius 1 is 0.239 bits per heavy atom. The first-order chi connectivity index (χ1) is 65.8. The number of benzene rings is 12. The first-order valence-corrected chi connectivity index (χ1v) is 44.6. The fourth-order valence-electron chi connectivity index (χ4n) is 15.7. The van der Waals surface area contributed by atoms with Crippen LogP contribution in [0.3, 0.4) is 0 Å². The van der Waals surface area contributed by atoms with E-state index < -0.39 is 134 Å². The van der Waals surface area contributed by atoms with E-state index in [0.717, 1.165) is 97.1 Å². The van der Waals surface area contributed by atoms with Gasteiger partial charge in [0.2, 0.25) is 0 Å². The summed E-state index contributed by atoms with van der Waals surface area (Å²) in [6, 6.07) is 53.0. The van der Waals surface area contributed by atoms with Crippen molar-refractivity contribution in [3.05, 3.63) is 332 Å². The molecule has 0 amide bonds. The minimum absolute atomic E-state index is 0.0521. The van der Waals surface area contributed by atoms with Gasteiger partial charge in [0.1, 0.15) is 29.0 Å². The van der Waals surface area contributed by atoms with Gasteiger partial charge in [0.15, 0.2) is 0 Å². The lowest BCUT2D eigenvalue weighted by molar-refractivity contribution is -0.138. The Labute approximate surface area is 809 Å². The number of anilines is 8. The molecule has 12 aromatic carbocycles. The summed E-state index contributed by atoms with van der Waals surface area (Å²) in [4.78, 5) is 49.8. The highest BCUT2D eigenvalue weighted by atomic mass is 35.5. The smallest absolute Gasteiger partial charge is 0.356 e. The quantitative estimate of drug-likeness (QED) is 0.0359. The number of ketones is 4. The van der Waals surface area contributed by atoms with Crippen LogP contribution < -0.4 is 21.3 Å². The molecule has 4 atom stereocenters. The predicted molar refractivity (Wildman–Crippen MR) is 503 cm³/mol. The zero-order valence-electron chi connectivity index (χ0n) is 78.2. The second-order valence-electron chi connectivity index (χ2n) is 35.9. The average molecular weight is 2030 g/mol. The van der Waals surface area contributed by atoms with Crippen molar-refractivity contribution >= 4 is 80.2 Å². The zero-order chi connectivity index (χ0) is 106. The van der Waals surface area contributed by atoms with Gasteiger partial charge < -0.3 is 21.3 Å². The van der Waals surface area contributed by atoms with Crippen LogP contribution in [-0.4, -0.2) is 23.1 Å². The minimum Gasteiger partial charge on any atom is -0.356 e. The van der Waals surface area contributed by atoms with Crippen LogP contribution in [0.4, 0.5) is 155 Å². The van der Waals surface area contributed by atoms with Crippen molar-refractivity contribution in [1.82, 2.24) is 0 Å². The highest BCUT2D eigenvalue weighted by molar-refractivity contribution is 6.31. The van der Waals surface area contributed by atoms with Gasteiger partial charge in [0, 0.05) is 63.5 Å². The lowest BCUT2D eigenvalue weighted by atomic mass is 9.85. The molecule has 142 heavy (non-hydrogen) atoms. The van der Waals surface area contributed by atoms with E-state index in [1.54, 1.807) is 60.7 Å². The summed E-state index contributed by atoms with van der Waals surface area (Å²) in [5.74, 6) is -2.69. The van der Waals surface area contributed by atoms with Crippen molar-refractivity contribution in [3.8, 4) is 44.5 Å². The SMILES string of the molecule is CC(=O)C(CC(C)C)c1cc(Nc2ccc(C(F)(F)F)cc2)cc(-c2ccc(C(F)(F)F)cc2)c1.CC(=O)C(CC(C)C)c1cc(Nc2ccc(Cl)c(C(F)(F)F)c2)cc(-c2ccc(C(F)(F)F)cc2)c1.CC(=O)C(CC(C)C)c1cc(Nc2ccc(F)cc2C(F)(F)F)cc(-c2ccc(C(F)(F)F)cc2)c1.CC(=O)C(CC(C)C)c1cc(Nc2cccc(C(F)(F)F)c2)cc(-c2ccc(C(F)(F)F)cc2)c1. The summed E-state index contributed by atoms with van der Waals surface area (Å²) in [5, 5.41) is 11.2. The number of Topliss-reactive ketones (excluding diaryl/α,β-unsaturated/α-hetero) is 4. The minimum atomic E-state index is -4.84. The topological polar surface area (TPSA) is 116 Å². The molecule has 0 spiro atoms. The van der Waals surface area contributed by atoms with Gasteiger partial charge in [-0.1, -0.05) is 146 Å². The Morgan fingerprint density at radius 2 is 0.493 bits per heavy atom. The van der Waals surface area contributed by atoms with E-state index in [4.69, 9.17) is 11.6 Å². The molecule has 0 aliphatic rings. The van der Waals surface area contributed by atoms with Gasteiger partial charge in [-0.2, -0.15) is 105 Å². The molecule has 756 valence electrons. The third-order valence-corrected chi connectivity index (χ3v) is 22.8. The van der Waals surface area contributed by atoms with Crippen molar-refractivity contribution in [1.29, 1.82) is 0 Å². The Bertz CT molecular complexity index is 6340. The second kappa shape index (κ2) is 46.4. The monoisotopic (exact) mass is 2020 g/mol. The van der Waals surface area contributed by atoms with E-state index in [-0.39, 0.29) is 63.9 Å². The van der Waals surface area contributed by atoms with E-state index in [2.05, 4.69) is 21.3 Å². The van der Waals surface area contributed by atoms with Crippen LogP contribution in [0.2, 0.25) is 5.02 Å². The van der Waals surface area contributed by atoms with Crippen LogP contribution in [0.5, 0.6) is 0 Å². The number of halogens is 26. The van der Waals surface area contributed by atoms with Crippen molar-refractivity contribution in [2.45, 2.75) is 182 Å². The molecule has 0 aliphatic heterocycles. The third kappa shape index (κ3) is 32.6. The maximum absolute atomic E-state index is 13.6. The second-order valence-corrected chi connectivity index (χ2v) is 36.3. The summed E-state index contributed by atoms with van der Waals surface area (Å²) >= 11 is 5.72. The van der Waals surface area contributed by atoms with Gasteiger partial charge in [-0.15, -0.1) is 0 Å². The fourth-order valence-corrected chi connectivity index (χ4v) is 15.9. The van der Waals surface area contributed by atoms with Gasteiger partial charge in [-0.25, -0.2) is 4.39 Å². The number of hydrogen-bond acceptors (Lipinski definition) is 8. The molecule has 0 heterocycles. The predicted octanol–water partition coefficient (Wildman–Crippen LogP) is 36.2. The van der Waals surface area contributed by atoms with E-state index in [1.165, 1.54) is 119 Å². The Hall–Kier alpha value is -12.9. The number of carbonyl (C=O) groups is 4. The summed E-state index contributed by atoms with van der Waals surface area (Å²) < 4.78 is 328. The molecule has 0 radical (unpaired) electrons. The van der Waals surface area contributed by atoms with Crippen LogP contribution in [0.25, 0.3) is 44.5 Å². The molecule has 0 bridgehead atoms. The molecule has 12 aromatic rings. The maximum atomic E-state index is 13.6. The molecule has 0 aliphatic carbocycles. The summed E-state index contributed by atoms with van der Waals surface area (Å²) in [6.45, 7) is 21.5. The van der Waals surface area contributed by atoms with Crippen molar-refractivity contribution in [2.24, 2.45) is 23.7 Å². The number of hydrogen-bond donors (Lipinski definition) is 4. The Morgan fingerprint density at radius 3 is 0.754 bits per heavy atom. The number of alkyl halides is 24. The molecule has 8 nitrogen and oxygen atoms in total. The maximum Gasteiger partial charge on any atom is 0.418 e. The van der Waals surface area contributed by atoms with Gasteiger partial charge in [0.05, 0.1) is 55.2 Å². The van der Waals surface area contributed by atoms with Crippen molar-refractivity contribution < 1.29 is 129 Å². The third-order valence-electron chi connectivity index (χ3n) is 22.5. The van der Waals surface area contributed by atoms with Gasteiger partial charge in [-0.3, -0.25) is 19.2 Å². The molecule has 0 saturated heterocycles. The molecular formula is C108H98ClF25N4O4. The molecule has 4 unspecified atom stereocenters. The molecular weight excluding hydrogens is 1930 g/mol. The fraction of sp³-hybridized carbons (Fsp3) is 0.296. The van der Waals surface area contributed by atoms with Gasteiger partial charge in [-0.05, 0) is 320 Å². The van der Waals surface area contributed by atoms with Crippen LogP contribution in [0, 0.1) is 29.5 Å². The van der Waals surface area contributed by atoms with Crippen molar-refractivity contribution in [3.63, 3.8) is 0 Å². The first kappa shape index (κ1) is 113. The molecule has 12 rings (SSSR count). The Balaban J connectivity index is 0.000000211. The normalized spacial score (nSPS) is 13.1. The van der Waals surface area contributed by atoms with Crippen LogP contribution in [0.1, 0.15) is 199 Å². The van der Waals surface area contributed by atoms with E-state index >= 15 is 0 Å². The lowest BCUT2D eigenvalue weighted by Crippen LogP contribution is -2.13. The van der Waals surface area contributed by atoms with Gasteiger partial charge in [0.25, 0.3) is 0 Å². The molecule has 4 N–H and O–H groups in total.